The molecular formula is C11H19N3O. The van der Waals surface area contributed by atoms with E-state index in [2.05, 4.69) is 22.3 Å². The van der Waals surface area contributed by atoms with E-state index in [0.717, 1.165) is 32.4 Å². The van der Waals surface area contributed by atoms with Crippen LogP contribution in [-0.4, -0.2) is 24.1 Å². The van der Waals surface area contributed by atoms with Crippen molar-refractivity contribution < 1.29 is 5.21 Å². The van der Waals surface area contributed by atoms with Crippen molar-refractivity contribution in [3.63, 3.8) is 0 Å². The molecule has 0 aromatic rings. The summed E-state index contributed by atoms with van der Waals surface area (Å²) in [5, 5.41) is 14.9. The average molecular weight is 209 g/mol. The minimum atomic E-state index is 0.246. The maximum absolute atomic E-state index is 8.49. The molecule has 0 radical (unpaired) electrons. The molecule has 1 rings (SSSR count). The van der Waals surface area contributed by atoms with Gasteiger partial charge >= 0.3 is 0 Å². The monoisotopic (exact) mass is 209 g/mol. The summed E-state index contributed by atoms with van der Waals surface area (Å²) in [5.74, 6) is 6.20. The molecule has 1 aliphatic rings. The van der Waals surface area contributed by atoms with E-state index < -0.39 is 0 Å². The molecule has 1 fully saturated rings. The van der Waals surface area contributed by atoms with E-state index in [1.54, 1.807) is 0 Å². The van der Waals surface area contributed by atoms with Gasteiger partial charge in [-0.3, -0.25) is 0 Å². The molecule has 4 nitrogen and oxygen atoms in total. The Morgan fingerprint density at radius 2 is 2.33 bits per heavy atom. The van der Waals surface area contributed by atoms with E-state index in [0.29, 0.717) is 12.3 Å². The topological polar surface area (TPSA) is 70.6 Å². The number of amidine groups is 1. The van der Waals surface area contributed by atoms with Gasteiger partial charge in [0.25, 0.3) is 0 Å². The molecule has 0 amide bonds. The SMILES string of the molecule is CC#CCCNCC1(CC(N)=NO)CC1. The van der Waals surface area contributed by atoms with E-state index in [-0.39, 0.29) is 5.41 Å². The number of nitrogens with zero attached hydrogens (tertiary/aromatic N) is 1. The molecular weight excluding hydrogens is 190 g/mol. The molecule has 0 heterocycles. The van der Waals surface area contributed by atoms with Crippen LogP contribution < -0.4 is 11.1 Å². The van der Waals surface area contributed by atoms with Crippen molar-refractivity contribution in [1.29, 1.82) is 0 Å². The molecule has 84 valence electrons. The molecule has 1 saturated carbocycles. The Bertz CT molecular complexity index is 284. The van der Waals surface area contributed by atoms with Crippen molar-refractivity contribution in [2.75, 3.05) is 13.1 Å². The van der Waals surface area contributed by atoms with Crippen molar-refractivity contribution in [2.45, 2.75) is 32.6 Å². The Hall–Kier alpha value is -1.21. The highest BCUT2D eigenvalue weighted by molar-refractivity contribution is 5.80. The van der Waals surface area contributed by atoms with Crippen LogP contribution in [0, 0.1) is 17.3 Å². The van der Waals surface area contributed by atoms with E-state index in [1.807, 2.05) is 6.92 Å². The molecule has 0 bridgehead atoms. The van der Waals surface area contributed by atoms with Crippen molar-refractivity contribution in [1.82, 2.24) is 5.32 Å². The third kappa shape index (κ3) is 4.22. The van der Waals surface area contributed by atoms with Crippen LogP contribution >= 0.6 is 0 Å². The number of hydrogen-bond donors (Lipinski definition) is 3. The highest BCUT2D eigenvalue weighted by Crippen LogP contribution is 2.48. The predicted molar refractivity (Wildman–Crippen MR) is 60.6 cm³/mol. The van der Waals surface area contributed by atoms with Crippen LogP contribution in [0.4, 0.5) is 0 Å². The summed E-state index contributed by atoms with van der Waals surface area (Å²) in [6, 6.07) is 0. The maximum atomic E-state index is 8.49. The fourth-order valence-electron chi connectivity index (χ4n) is 1.64. The van der Waals surface area contributed by atoms with Crippen molar-refractivity contribution in [2.24, 2.45) is 16.3 Å². The molecule has 1 aliphatic carbocycles. The standard InChI is InChI=1S/C11H19N3O/c1-2-3-4-7-13-9-11(5-6-11)8-10(12)14-15/h13,15H,4-9H2,1H3,(H2,12,14). The van der Waals surface area contributed by atoms with E-state index >= 15 is 0 Å². The van der Waals surface area contributed by atoms with E-state index in [4.69, 9.17) is 10.9 Å². The highest BCUT2D eigenvalue weighted by Gasteiger charge is 2.42. The van der Waals surface area contributed by atoms with Crippen LogP contribution in [0.15, 0.2) is 5.16 Å². The lowest BCUT2D eigenvalue weighted by atomic mass is 10.0. The molecule has 0 unspecified atom stereocenters. The van der Waals surface area contributed by atoms with Crippen LogP contribution in [0.5, 0.6) is 0 Å². The lowest BCUT2D eigenvalue weighted by molar-refractivity contribution is 0.314. The molecule has 0 aromatic heterocycles. The van der Waals surface area contributed by atoms with Crippen LogP contribution in [0.2, 0.25) is 0 Å². The number of rotatable bonds is 6. The van der Waals surface area contributed by atoms with Gasteiger partial charge in [-0.1, -0.05) is 5.16 Å². The average Bonchev–Trinajstić information content (AvgIpc) is 2.98. The zero-order valence-corrected chi connectivity index (χ0v) is 9.21. The van der Waals surface area contributed by atoms with E-state index in [1.165, 1.54) is 0 Å². The molecule has 0 aliphatic heterocycles. The maximum Gasteiger partial charge on any atom is 0.139 e. The number of nitrogens with two attached hydrogens (primary N) is 1. The Morgan fingerprint density at radius 1 is 1.60 bits per heavy atom. The second-order valence-electron chi connectivity index (χ2n) is 4.12. The van der Waals surface area contributed by atoms with Crippen LogP contribution in [-0.2, 0) is 0 Å². The van der Waals surface area contributed by atoms with Crippen molar-refractivity contribution in [3.05, 3.63) is 0 Å². The third-order valence-electron chi connectivity index (χ3n) is 2.75. The summed E-state index contributed by atoms with van der Waals surface area (Å²) in [6.07, 6.45) is 3.90. The summed E-state index contributed by atoms with van der Waals surface area (Å²) < 4.78 is 0. The van der Waals surface area contributed by atoms with Crippen LogP contribution in [0.25, 0.3) is 0 Å². The second-order valence-corrected chi connectivity index (χ2v) is 4.12. The first-order valence-corrected chi connectivity index (χ1v) is 5.29. The Kier molecular flexibility index (Phi) is 4.44. The molecule has 0 spiro atoms. The first-order chi connectivity index (χ1) is 7.22. The first-order valence-electron chi connectivity index (χ1n) is 5.29. The van der Waals surface area contributed by atoms with Gasteiger partial charge in [0.05, 0.1) is 0 Å². The fourth-order valence-corrected chi connectivity index (χ4v) is 1.64. The molecule has 4 N–H and O–H groups in total. The van der Waals surface area contributed by atoms with Crippen molar-refractivity contribution in [3.8, 4) is 11.8 Å². The molecule has 0 aromatic carbocycles. The minimum Gasteiger partial charge on any atom is -0.409 e. The third-order valence-corrected chi connectivity index (χ3v) is 2.75. The summed E-state index contributed by atoms with van der Waals surface area (Å²) in [7, 11) is 0. The highest BCUT2D eigenvalue weighted by atomic mass is 16.4. The van der Waals surface area contributed by atoms with Gasteiger partial charge in [0.15, 0.2) is 0 Å². The van der Waals surface area contributed by atoms with Gasteiger partial charge in [-0.2, -0.15) is 0 Å². The minimum absolute atomic E-state index is 0.246. The number of hydrogen-bond acceptors (Lipinski definition) is 3. The van der Waals surface area contributed by atoms with Gasteiger partial charge in [-0.05, 0) is 25.2 Å². The van der Waals surface area contributed by atoms with Gasteiger partial charge in [0.1, 0.15) is 5.84 Å². The number of nitrogens with one attached hydrogen (secondary N) is 1. The lowest BCUT2D eigenvalue weighted by Crippen LogP contribution is -2.28. The Labute approximate surface area is 90.9 Å². The van der Waals surface area contributed by atoms with Crippen LogP contribution in [0.1, 0.15) is 32.6 Å². The number of oxime groups is 1. The largest absolute Gasteiger partial charge is 0.409 e. The van der Waals surface area contributed by atoms with E-state index in [9.17, 15) is 0 Å². The van der Waals surface area contributed by atoms with Gasteiger partial charge in [-0.15, -0.1) is 11.8 Å². The Balaban J connectivity index is 2.16. The lowest BCUT2D eigenvalue weighted by Gasteiger charge is -2.14. The summed E-state index contributed by atoms with van der Waals surface area (Å²) in [4.78, 5) is 0. The molecule has 15 heavy (non-hydrogen) atoms. The zero-order valence-electron chi connectivity index (χ0n) is 9.21. The second kappa shape index (κ2) is 5.62. The smallest absolute Gasteiger partial charge is 0.139 e. The summed E-state index contributed by atoms with van der Waals surface area (Å²) >= 11 is 0. The van der Waals surface area contributed by atoms with Crippen molar-refractivity contribution >= 4 is 5.84 Å². The van der Waals surface area contributed by atoms with Gasteiger partial charge in [-0.25, -0.2) is 0 Å². The van der Waals surface area contributed by atoms with Gasteiger partial charge < -0.3 is 16.3 Å². The quantitative estimate of drug-likeness (QED) is 0.152. The molecule has 0 saturated heterocycles. The van der Waals surface area contributed by atoms with Crippen LogP contribution in [0.3, 0.4) is 0 Å². The summed E-state index contributed by atoms with van der Waals surface area (Å²) in [6.45, 7) is 3.70. The zero-order chi connectivity index (χ0) is 11.1. The van der Waals surface area contributed by atoms with Gasteiger partial charge in [0, 0.05) is 25.9 Å². The summed E-state index contributed by atoms with van der Waals surface area (Å²) in [5.41, 5.74) is 5.75. The molecule has 0 atom stereocenters. The fraction of sp³-hybridized carbons (Fsp3) is 0.727. The Morgan fingerprint density at radius 3 is 2.87 bits per heavy atom. The van der Waals surface area contributed by atoms with Gasteiger partial charge in [0.2, 0.25) is 0 Å². The normalized spacial score (nSPS) is 18.1. The molecule has 4 heteroatoms. The predicted octanol–water partition coefficient (Wildman–Crippen LogP) is 0.906. The first kappa shape index (κ1) is 11.9.